The van der Waals surface area contributed by atoms with Gasteiger partial charge in [0.05, 0.1) is 28.2 Å². The van der Waals surface area contributed by atoms with E-state index in [1.807, 2.05) is 0 Å². The van der Waals surface area contributed by atoms with Gasteiger partial charge in [-0.25, -0.2) is 4.79 Å². The molecule has 19 heavy (non-hydrogen) atoms. The van der Waals surface area contributed by atoms with Crippen LogP contribution in [0.2, 0.25) is 0 Å². The molecular weight excluding hydrogens is 384 g/mol. The monoisotopic (exact) mass is 394 g/mol. The number of benzene rings is 1. The van der Waals surface area contributed by atoms with Crippen molar-refractivity contribution >= 4 is 43.8 Å². The second-order valence-electron chi connectivity index (χ2n) is 3.60. The van der Waals surface area contributed by atoms with Gasteiger partial charge < -0.3 is 14.6 Å². The fraction of sp³-hybridized carbons (Fsp3) is 0.333. The lowest BCUT2D eigenvalue weighted by Crippen LogP contribution is -2.05. The summed E-state index contributed by atoms with van der Waals surface area (Å²) in [5, 5.41) is 8.89. The molecule has 0 spiro atoms. The Kier molecular flexibility index (Phi) is 6.30. The molecule has 0 bridgehead atoms. The summed E-state index contributed by atoms with van der Waals surface area (Å²) in [7, 11) is 1.33. The van der Waals surface area contributed by atoms with Gasteiger partial charge >= 0.3 is 11.9 Å². The van der Waals surface area contributed by atoms with Gasteiger partial charge in [-0.3, -0.25) is 4.79 Å². The van der Waals surface area contributed by atoms with E-state index in [0.29, 0.717) is 27.7 Å². The highest BCUT2D eigenvalue weighted by molar-refractivity contribution is 9.11. The molecule has 1 N–H and O–H groups in total. The predicted molar refractivity (Wildman–Crippen MR) is 75.5 cm³/mol. The standard InChI is InChI=1S/C12H12Br2O5/c1-18-10(15)3-2-4-19-11-8(13)5-7(12(16)17)6-9(11)14/h5-6H,2-4H2,1H3,(H,16,17). The Morgan fingerprint density at radius 3 is 2.32 bits per heavy atom. The van der Waals surface area contributed by atoms with Crippen LogP contribution in [0.25, 0.3) is 0 Å². The number of carbonyl (C=O) groups is 2. The maximum Gasteiger partial charge on any atom is 0.335 e. The molecule has 5 nitrogen and oxygen atoms in total. The first-order valence-corrected chi connectivity index (χ1v) is 6.96. The van der Waals surface area contributed by atoms with Gasteiger partial charge in [-0.1, -0.05) is 0 Å². The van der Waals surface area contributed by atoms with E-state index in [1.165, 1.54) is 19.2 Å². The fourth-order valence-electron chi connectivity index (χ4n) is 1.31. The molecular formula is C12H12Br2O5. The molecule has 0 fully saturated rings. The van der Waals surface area contributed by atoms with Gasteiger partial charge in [0.25, 0.3) is 0 Å². The minimum absolute atomic E-state index is 0.153. The zero-order valence-corrected chi connectivity index (χ0v) is 13.3. The minimum atomic E-state index is -1.02. The fourth-order valence-corrected chi connectivity index (χ4v) is 2.73. The van der Waals surface area contributed by atoms with E-state index in [1.54, 1.807) is 0 Å². The molecule has 0 heterocycles. The predicted octanol–water partition coefficient (Wildman–Crippen LogP) is 3.24. The summed E-state index contributed by atoms with van der Waals surface area (Å²) in [5.41, 5.74) is 0.153. The van der Waals surface area contributed by atoms with Gasteiger partial charge in [-0.05, 0) is 50.4 Å². The number of hydrogen-bond donors (Lipinski definition) is 1. The number of aromatic carboxylic acids is 1. The molecule has 0 aliphatic carbocycles. The normalized spacial score (nSPS) is 10.1. The van der Waals surface area contributed by atoms with Crippen molar-refractivity contribution < 1.29 is 24.2 Å². The van der Waals surface area contributed by atoms with Crippen molar-refractivity contribution in [3.63, 3.8) is 0 Å². The molecule has 0 radical (unpaired) electrons. The number of esters is 1. The molecule has 0 unspecified atom stereocenters. The topological polar surface area (TPSA) is 72.8 Å². The van der Waals surface area contributed by atoms with Crippen LogP contribution in [-0.2, 0) is 9.53 Å². The van der Waals surface area contributed by atoms with E-state index in [-0.39, 0.29) is 18.0 Å². The second-order valence-corrected chi connectivity index (χ2v) is 5.31. The lowest BCUT2D eigenvalue weighted by molar-refractivity contribution is -0.140. The second kappa shape index (κ2) is 7.49. The molecule has 0 aliphatic rings. The van der Waals surface area contributed by atoms with Crippen LogP contribution in [0.3, 0.4) is 0 Å². The molecule has 1 aromatic carbocycles. The Morgan fingerprint density at radius 1 is 1.26 bits per heavy atom. The highest BCUT2D eigenvalue weighted by atomic mass is 79.9. The van der Waals surface area contributed by atoms with Crippen LogP contribution in [0.5, 0.6) is 5.75 Å². The maximum absolute atomic E-state index is 10.9. The zero-order valence-electron chi connectivity index (χ0n) is 10.1. The molecule has 0 saturated heterocycles. The maximum atomic E-state index is 10.9. The summed E-state index contributed by atoms with van der Waals surface area (Å²) in [6.07, 6.45) is 0.797. The van der Waals surface area contributed by atoms with Crippen molar-refractivity contribution in [3.8, 4) is 5.75 Å². The van der Waals surface area contributed by atoms with Gasteiger partial charge in [0, 0.05) is 6.42 Å². The van der Waals surface area contributed by atoms with Gasteiger partial charge in [0.15, 0.2) is 0 Å². The molecule has 1 aromatic rings. The van der Waals surface area contributed by atoms with Gasteiger partial charge in [0.1, 0.15) is 5.75 Å². The highest BCUT2D eigenvalue weighted by Crippen LogP contribution is 2.34. The molecule has 0 aliphatic heterocycles. The largest absolute Gasteiger partial charge is 0.491 e. The number of carboxylic acids is 1. The summed E-state index contributed by atoms with van der Waals surface area (Å²) < 4.78 is 11.1. The van der Waals surface area contributed by atoms with Crippen molar-refractivity contribution in [2.24, 2.45) is 0 Å². The van der Waals surface area contributed by atoms with E-state index in [4.69, 9.17) is 9.84 Å². The van der Waals surface area contributed by atoms with Crippen LogP contribution < -0.4 is 4.74 Å². The van der Waals surface area contributed by atoms with Crippen molar-refractivity contribution in [3.05, 3.63) is 26.6 Å². The summed E-state index contributed by atoms with van der Waals surface area (Å²) in [6, 6.07) is 2.92. The molecule has 1 rings (SSSR count). The van der Waals surface area contributed by atoms with Crippen LogP contribution in [0.15, 0.2) is 21.1 Å². The number of ether oxygens (including phenoxy) is 2. The Morgan fingerprint density at radius 2 is 1.84 bits per heavy atom. The molecule has 0 saturated carbocycles. The Bertz CT molecular complexity index is 464. The van der Waals surface area contributed by atoms with Crippen LogP contribution in [-0.4, -0.2) is 30.8 Å². The first-order chi connectivity index (χ1) is 8.95. The Hall–Kier alpha value is -1.08. The van der Waals surface area contributed by atoms with E-state index in [9.17, 15) is 9.59 Å². The third-order valence-electron chi connectivity index (χ3n) is 2.24. The van der Waals surface area contributed by atoms with Gasteiger partial charge in [-0.2, -0.15) is 0 Å². The number of rotatable bonds is 6. The van der Waals surface area contributed by atoms with Crippen molar-refractivity contribution in [1.29, 1.82) is 0 Å². The molecule has 7 heteroatoms. The van der Waals surface area contributed by atoms with Crippen LogP contribution in [0.1, 0.15) is 23.2 Å². The van der Waals surface area contributed by atoms with E-state index >= 15 is 0 Å². The smallest absolute Gasteiger partial charge is 0.335 e. The Labute approximate surface area is 127 Å². The SMILES string of the molecule is COC(=O)CCCOc1c(Br)cc(C(=O)O)cc1Br. The van der Waals surface area contributed by atoms with Gasteiger partial charge in [0.2, 0.25) is 0 Å². The van der Waals surface area contributed by atoms with Crippen LogP contribution >= 0.6 is 31.9 Å². The molecule has 0 aromatic heterocycles. The summed E-state index contributed by atoms with van der Waals surface area (Å²) in [6.45, 7) is 0.332. The number of hydrogen-bond acceptors (Lipinski definition) is 4. The number of methoxy groups -OCH3 is 1. The first kappa shape index (κ1) is 16.0. The lowest BCUT2D eigenvalue weighted by Gasteiger charge is -2.10. The molecule has 0 amide bonds. The third kappa shape index (κ3) is 4.83. The Balaban J connectivity index is 2.64. The first-order valence-electron chi connectivity index (χ1n) is 5.37. The average Bonchev–Trinajstić information content (AvgIpc) is 2.36. The molecule has 0 atom stereocenters. The van der Waals surface area contributed by atoms with Crippen molar-refractivity contribution in [2.75, 3.05) is 13.7 Å². The third-order valence-corrected chi connectivity index (χ3v) is 3.42. The van der Waals surface area contributed by atoms with Crippen LogP contribution in [0.4, 0.5) is 0 Å². The van der Waals surface area contributed by atoms with Gasteiger partial charge in [-0.15, -0.1) is 0 Å². The number of carbonyl (C=O) groups excluding carboxylic acids is 1. The average molecular weight is 396 g/mol. The van der Waals surface area contributed by atoms with E-state index < -0.39 is 5.97 Å². The summed E-state index contributed by atoms with van der Waals surface area (Å²) >= 11 is 6.50. The molecule has 104 valence electrons. The van der Waals surface area contributed by atoms with Crippen molar-refractivity contribution in [2.45, 2.75) is 12.8 Å². The minimum Gasteiger partial charge on any atom is -0.491 e. The summed E-state index contributed by atoms with van der Waals surface area (Å²) in [4.78, 5) is 21.8. The van der Waals surface area contributed by atoms with Crippen molar-refractivity contribution in [1.82, 2.24) is 0 Å². The zero-order chi connectivity index (χ0) is 14.4. The van der Waals surface area contributed by atoms with E-state index in [0.717, 1.165) is 0 Å². The van der Waals surface area contributed by atoms with E-state index in [2.05, 4.69) is 36.6 Å². The number of halogens is 2. The number of carboxylic acid groups (broad SMARTS) is 1. The summed E-state index contributed by atoms with van der Waals surface area (Å²) in [5.74, 6) is -0.795. The van der Waals surface area contributed by atoms with Crippen LogP contribution in [0, 0.1) is 0 Å². The quantitative estimate of drug-likeness (QED) is 0.591. The lowest BCUT2D eigenvalue weighted by atomic mass is 10.2. The highest BCUT2D eigenvalue weighted by Gasteiger charge is 2.12.